The lowest BCUT2D eigenvalue weighted by Crippen LogP contribution is -2.25. The first kappa shape index (κ1) is 15.8. The van der Waals surface area contributed by atoms with E-state index in [2.05, 4.69) is 15.4 Å². The molecule has 1 aromatic carbocycles. The minimum atomic E-state index is -0.302. The Labute approximate surface area is 148 Å². The van der Waals surface area contributed by atoms with Crippen LogP contribution in [0, 0.1) is 5.82 Å². The number of hydrogen-bond acceptors (Lipinski definition) is 3. The van der Waals surface area contributed by atoms with E-state index in [1.165, 1.54) is 12.1 Å². The van der Waals surface area contributed by atoms with Gasteiger partial charge in [0, 0.05) is 30.3 Å². The van der Waals surface area contributed by atoms with Gasteiger partial charge in [0.15, 0.2) is 0 Å². The zero-order valence-corrected chi connectivity index (χ0v) is 13.9. The van der Waals surface area contributed by atoms with Gasteiger partial charge in [0.05, 0.1) is 17.8 Å². The van der Waals surface area contributed by atoms with Gasteiger partial charge in [-0.15, -0.1) is 0 Å². The number of amides is 1. The Morgan fingerprint density at radius 1 is 1.28 bits per heavy atom. The summed E-state index contributed by atoms with van der Waals surface area (Å²) in [6.07, 6.45) is 5.25. The van der Waals surface area contributed by atoms with Crippen LogP contribution in [0.15, 0.2) is 48.9 Å². The zero-order chi connectivity index (χ0) is 17.4. The smallest absolute Gasteiger partial charge is 0.226 e. The Morgan fingerprint density at radius 3 is 2.96 bits per heavy atom. The molecule has 7 heteroatoms. The Morgan fingerprint density at radius 2 is 2.16 bits per heavy atom. The van der Waals surface area contributed by atoms with Crippen molar-refractivity contribution in [1.82, 2.24) is 14.8 Å². The first-order valence-corrected chi connectivity index (χ1v) is 8.19. The van der Waals surface area contributed by atoms with E-state index in [1.54, 1.807) is 29.3 Å². The molecule has 0 spiro atoms. The van der Waals surface area contributed by atoms with E-state index in [0.717, 1.165) is 16.7 Å². The van der Waals surface area contributed by atoms with Crippen LogP contribution in [-0.4, -0.2) is 20.7 Å². The summed E-state index contributed by atoms with van der Waals surface area (Å²) in [5, 5.41) is 7.77. The molecule has 0 unspecified atom stereocenters. The third-order valence-electron chi connectivity index (χ3n) is 4.29. The molecule has 126 valence electrons. The van der Waals surface area contributed by atoms with Gasteiger partial charge in [0.1, 0.15) is 11.6 Å². The molecule has 1 atom stereocenters. The molecule has 0 saturated heterocycles. The molecule has 1 aliphatic heterocycles. The predicted molar refractivity (Wildman–Crippen MR) is 92.1 cm³/mol. The summed E-state index contributed by atoms with van der Waals surface area (Å²) in [5.74, 6) is 0.0364. The van der Waals surface area contributed by atoms with Gasteiger partial charge in [-0.25, -0.2) is 9.07 Å². The molecular weight excluding hydrogens is 343 g/mol. The van der Waals surface area contributed by atoms with Crippen molar-refractivity contribution in [3.8, 4) is 0 Å². The number of fused-ring (bicyclic) bond motifs is 1. The number of hydrogen-bond donors (Lipinski definition) is 1. The molecule has 3 aromatic rings. The summed E-state index contributed by atoms with van der Waals surface area (Å²) < 4.78 is 15.1. The zero-order valence-electron chi connectivity index (χ0n) is 13.1. The highest BCUT2D eigenvalue weighted by molar-refractivity contribution is 6.31. The van der Waals surface area contributed by atoms with Crippen molar-refractivity contribution in [3.05, 3.63) is 76.5 Å². The molecule has 5 nitrogen and oxygen atoms in total. The average molecular weight is 357 g/mol. The molecule has 1 amide bonds. The van der Waals surface area contributed by atoms with Gasteiger partial charge in [-0.1, -0.05) is 23.7 Å². The highest BCUT2D eigenvalue weighted by Crippen LogP contribution is 2.39. The lowest BCUT2D eigenvalue weighted by molar-refractivity contribution is -0.116. The minimum Gasteiger partial charge on any atom is -0.311 e. The van der Waals surface area contributed by atoms with E-state index < -0.39 is 0 Å². The lowest BCUT2D eigenvalue weighted by atomic mass is 9.88. The van der Waals surface area contributed by atoms with E-state index >= 15 is 0 Å². The molecule has 1 N–H and O–H groups in total. The molecule has 4 rings (SSSR count). The van der Waals surface area contributed by atoms with Crippen molar-refractivity contribution in [2.24, 2.45) is 0 Å². The fourth-order valence-electron chi connectivity index (χ4n) is 3.14. The molecule has 3 heterocycles. The molecule has 0 radical (unpaired) electrons. The van der Waals surface area contributed by atoms with Crippen molar-refractivity contribution in [1.29, 1.82) is 0 Å². The number of rotatable bonds is 3. The monoisotopic (exact) mass is 356 g/mol. The molecule has 1 aliphatic rings. The van der Waals surface area contributed by atoms with E-state index in [9.17, 15) is 9.18 Å². The SMILES string of the molecule is O=C1C[C@@H](c2ccncc2Cl)c2cnn(Cc3cccc(F)c3)c2N1. The maximum atomic E-state index is 13.4. The van der Waals surface area contributed by atoms with Gasteiger partial charge in [0.2, 0.25) is 5.91 Å². The summed E-state index contributed by atoms with van der Waals surface area (Å²) in [5.41, 5.74) is 2.51. The van der Waals surface area contributed by atoms with Crippen molar-refractivity contribution in [3.63, 3.8) is 0 Å². The van der Waals surface area contributed by atoms with Crippen LogP contribution >= 0.6 is 11.6 Å². The quantitative estimate of drug-likeness (QED) is 0.780. The van der Waals surface area contributed by atoms with Crippen molar-refractivity contribution >= 4 is 23.3 Å². The number of benzene rings is 1. The van der Waals surface area contributed by atoms with Gasteiger partial charge < -0.3 is 5.32 Å². The number of aromatic nitrogens is 3. The van der Waals surface area contributed by atoms with Gasteiger partial charge >= 0.3 is 0 Å². The van der Waals surface area contributed by atoms with Crippen LogP contribution < -0.4 is 5.32 Å². The predicted octanol–water partition coefficient (Wildman–Crippen LogP) is 3.59. The van der Waals surface area contributed by atoms with Crippen LogP contribution in [0.1, 0.15) is 29.0 Å². The number of pyridine rings is 1. The third kappa shape index (κ3) is 3.00. The fourth-order valence-corrected chi connectivity index (χ4v) is 3.40. The average Bonchev–Trinajstić information content (AvgIpc) is 2.97. The first-order valence-electron chi connectivity index (χ1n) is 7.81. The second kappa shape index (κ2) is 6.29. The highest BCUT2D eigenvalue weighted by Gasteiger charge is 2.31. The molecule has 25 heavy (non-hydrogen) atoms. The van der Waals surface area contributed by atoms with Gasteiger partial charge in [-0.3, -0.25) is 9.78 Å². The van der Waals surface area contributed by atoms with Gasteiger partial charge in [-0.05, 0) is 29.3 Å². The summed E-state index contributed by atoms with van der Waals surface area (Å²) in [6.45, 7) is 0.365. The third-order valence-corrected chi connectivity index (χ3v) is 4.61. The summed E-state index contributed by atoms with van der Waals surface area (Å²) in [6, 6.07) is 8.14. The summed E-state index contributed by atoms with van der Waals surface area (Å²) >= 11 is 6.26. The molecular formula is C18H14ClFN4O. The number of nitrogens with one attached hydrogen (secondary N) is 1. The normalized spacial score (nSPS) is 16.4. The molecule has 0 aliphatic carbocycles. The van der Waals surface area contributed by atoms with Gasteiger partial charge in [-0.2, -0.15) is 5.10 Å². The molecule has 2 aromatic heterocycles. The highest BCUT2D eigenvalue weighted by atomic mass is 35.5. The van der Waals surface area contributed by atoms with Crippen molar-refractivity contribution < 1.29 is 9.18 Å². The van der Waals surface area contributed by atoms with Crippen LogP contribution in [0.3, 0.4) is 0 Å². The van der Waals surface area contributed by atoms with Crippen molar-refractivity contribution in [2.45, 2.75) is 18.9 Å². The second-order valence-electron chi connectivity index (χ2n) is 5.94. The molecule has 0 saturated carbocycles. The maximum absolute atomic E-state index is 13.4. The lowest BCUT2D eigenvalue weighted by Gasteiger charge is -2.24. The summed E-state index contributed by atoms with van der Waals surface area (Å²) in [7, 11) is 0. The summed E-state index contributed by atoms with van der Waals surface area (Å²) in [4.78, 5) is 16.2. The maximum Gasteiger partial charge on any atom is 0.226 e. The van der Waals surface area contributed by atoms with Crippen LogP contribution in [0.2, 0.25) is 5.02 Å². The van der Waals surface area contributed by atoms with E-state index in [1.807, 2.05) is 12.1 Å². The van der Waals surface area contributed by atoms with E-state index in [-0.39, 0.29) is 17.6 Å². The molecule has 0 fully saturated rings. The van der Waals surface area contributed by atoms with E-state index in [4.69, 9.17) is 11.6 Å². The standard InChI is InChI=1S/C18H14ClFN4O/c19-16-9-21-5-4-13(16)14-7-17(25)23-18-15(14)8-22-24(18)10-11-2-1-3-12(20)6-11/h1-6,8-9,14H,7,10H2,(H,23,25)/t14-/m0/s1. The van der Waals surface area contributed by atoms with Crippen molar-refractivity contribution in [2.75, 3.05) is 5.32 Å². The number of nitrogens with zero attached hydrogens (tertiary/aromatic N) is 3. The number of anilines is 1. The number of halogens is 2. The fraction of sp³-hybridized carbons (Fsp3) is 0.167. The topological polar surface area (TPSA) is 59.8 Å². The Bertz CT molecular complexity index is 956. The Kier molecular flexibility index (Phi) is 3.97. The van der Waals surface area contributed by atoms with Gasteiger partial charge in [0.25, 0.3) is 0 Å². The van der Waals surface area contributed by atoms with Crippen LogP contribution in [0.5, 0.6) is 0 Å². The minimum absolute atomic E-state index is 0.105. The first-order chi connectivity index (χ1) is 12.1. The van der Waals surface area contributed by atoms with Crippen LogP contribution in [0.4, 0.5) is 10.2 Å². The van der Waals surface area contributed by atoms with E-state index in [0.29, 0.717) is 23.8 Å². The molecule has 0 bridgehead atoms. The van der Waals surface area contributed by atoms with Crippen LogP contribution in [-0.2, 0) is 11.3 Å². The number of carbonyl (C=O) groups excluding carboxylic acids is 1. The Balaban J connectivity index is 1.73. The van der Waals surface area contributed by atoms with Crippen LogP contribution in [0.25, 0.3) is 0 Å². The second-order valence-corrected chi connectivity index (χ2v) is 6.35. The Hall–Kier alpha value is -2.73. The number of carbonyl (C=O) groups is 1. The largest absolute Gasteiger partial charge is 0.311 e.